The molecule has 0 aromatic heterocycles. The number of benzene rings is 3. The summed E-state index contributed by atoms with van der Waals surface area (Å²) in [5.41, 5.74) is 0. The van der Waals surface area contributed by atoms with Crippen molar-refractivity contribution in [3.05, 3.63) is 103 Å². The summed E-state index contributed by atoms with van der Waals surface area (Å²) in [7, 11) is -6.11. The molecule has 0 N–H and O–H groups in total. The van der Waals surface area contributed by atoms with Gasteiger partial charge in [0.15, 0.2) is 9.84 Å². The quantitative estimate of drug-likeness (QED) is 0.295. The van der Waals surface area contributed by atoms with Crippen molar-refractivity contribution in [2.24, 2.45) is 11.8 Å². The van der Waals surface area contributed by atoms with Crippen molar-refractivity contribution in [1.82, 2.24) is 0 Å². The molecular formula is C30H36O3SSi. The van der Waals surface area contributed by atoms with Crippen molar-refractivity contribution >= 4 is 28.5 Å². The third kappa shape index (κ3) is 5.08. The van der Waals surface area contributed by atoms with Crippen LogP contribution in [-0.2, 0) is 14.3 Å². The highest BCUT2D eigenvalue weighted by Gasteiger charge is 2.52. The first-order valence-corrected chi connectivity index (χ1v) is 16.0. The van der Waals surface area contributed by atoms with Gasteiger partial charge < -0.3 is 4.43 Å². The minimum Gasteiger partial charge on any atom is -0.401 e. The van der Waals surface area contributed by atoms with Crippen molar-refractivity contribution in [2.75, 3.05) is 5.75 Å². The molecule has 0 aliphatic heterocycles. The molecule has 1 aliphatic carbocycles. The number of allylic oxidation sites excluding steroid dienone is 1. The van der Waals surface area contributed by atoms with Gasteiger partial charge in [0.25, 0.3) is 8.32 Å². The lowest BCUT2D eigenvalue weighted by atomic mass is 9.93. The van der Waals surface area contributed by atoms with Gasteiger partial charge in [0, 0.05) is 0 Å². The van der Waals surface area contributed by atoms with Crippen LogP contribution in [0, 0.1) is 11.8 Å². The van der Waals surface area contributed by atoms with Gasteiger partial charge in [-0.3, -0.25) is 0 Å². The van der Waals surface area contributed by atoms with Gasteiger partial charge in [-0.25, -0.2) is 8.42 Å². The Morgan fingerprint density at radius 2 is 1.26 bits per heavy atom. The van der Waals surface area contributed by atoms with Crippen LogP contribution >= 0.6 is 0 Å². The fourth-order valence-electron chi connectivity index (χ4n) is 5.50. The molecule has 3 nitrogen and oxygen atoms in total. The molecule has 0 amide bonds. The topological polar surface area (TPSA) is 43.4 Å². The second kappa shape index (κ2) is 10.3. The van der Waals surface area contributed by atoms with Crippen LogP contribution in [0.25, 0.3) is 0 Å². The van der Waals surface area contributed by atoms with Crippen LogP contribution < -0.4 is 10.4 Å². The predicted octanol–water partition coefficient (Wildman–Crippen LogP) is 5.62. The molecule has 5 heteroatoms. The summed E-state index contributed by atoms with van der Waals surface area (Å²) in [5.74, 6) is 0.135. The summed E-state index contributed by atoms with van der Waals surface area (Å²) >= 11 is 0. The molecule has 3 aromatic rings. The normalized spacial score (nSPS) is 20.7. The lowest BCUT2D eigenvalue weighted by Crippen LogP contribution is -2.68. The zero-order valence-corrected chi connectivity index (χ0v) is 22.9. The Morgan fingerprint density at radius 1 is 0.771 bits per heavy atom. The average Bonchev–Trinajstić information content (AvgIpc) is 3.23. The maximum Gasteiger partial charge on any atom is 0.261 e. The van der Waals surface area contributed by atoms with E-state index < -0.39 is 18.2 Å². The first kappa shape index (κ1) is 25.6. The Labute approximate surface area is 211 Å². The van der Waals surface area contributed by atoms with E-state index >= 15 is 0 Å². The Morgan fingerprint density at radius 3 is 1.71 bits per heavy atom. The Balaban J connectivity index is 1.71. The van der Waals surface area contributed by atoms with Gasteiger partial charge in [0.2, 0.25) is 0 Å². The van der Waals surface area contributed by atoms with Crippen molar-refractivity contribution in [2.45, 2.75) is 50.2 Å². The van der Waals surface area contributed by atoms with E-state index in [2.05, 4.69) is 88.4 Å². The zero-order chi connectivity index (χ0) is 25.1. The summed E-state index contributed by atoms with van der Waals surface area (Å²) in [6, 6.07) is 30.0. The molecule has 3 atom stereocenters. The molecule has 0 unspecified atom stereocenters. The first-order chi connectivity index (χ1) is 16.7. The fourth-order valence-corrected chi connectivity index (χ4v) is 11.8. The highest BCUT2D eigenvalue weighted by molar-refractivity contribution is 7.91. The highest BCUT2D eigenvalue weighted by Crippen LogP contribution is 2.41. The van der Waals surface area contributed by atoms with Gasteiger partial charge in [-0.05, 0) is 45.8 Å². The van der Waals surface area contributed by atoms with E-state index in [9.17, 15) is 8.42 Å². The Kier molecular flexibility index (Phi) is 7.50. The molecule has 0 spiro atoms. The number of rotatable bonds is 8. The van der Waals surface area contributed by atoms with E-state index in [1.165, 1.54) is 10.4 Å². The van der Waals surface area contributed by atoms with Crippen molar-refractivity contribution in [1.29, 1.82) is 0 Å². The molecule has 3 aromatic carbocycles. The van der Waals surface area contributed by atoms with Crippen molar-refractivity contribution < 1.29 is 12.8 Å². The van der Waals surface area contributed by atoms with Crippen molar-refractivity contribution in [3.8, 4) is 0 Å². The van der Waals surface area contributed by atoms with Crippen LogP contribution in [0.5, 0.6) is 0 Å². The van der Waals surface area contributed by atoms with E-state index in [0.717, 1.165) is 6.42 Å². The third-order valence-corrected chi connectivity index (χ3v) is 14.1. The van der Waals surface area contributed by atoms with Crippen LogP contribution in [0.15, 0.2) is 108 Å². The summed E-state index contributed by atoms with van der Waals surface area (Å²) in [6.07, 6.45) is 4.92. The summed E-state index contributed by atoms with van der Waals surface area (Å²) in [5, 5.41) is 2.35. The van der Waals surface area contributed by atoms with Crippen LogP contribution in [0.1, 0.15) is 34.1 Å². The van der Waals surface area contributed by atoms with Gasteiger partial charge in [-0.1, -0.05) is 119 Å². The maximum atomic E-state index is 13.2. The molecule has 0 bridgehead atoms. The maximum absolute atomic E-state index is 13.2. The summed E-state index contributed by atoms with van der Waals surface area (Å²) < 4.78 is 33.7. The molecule has 0 saturated heterocycles. The van der Waals surface area contributed by atoms with Gasteiger partial charge in [-0.15, -0.1) is 0 Å². The van der Waals surface area contributed by atoms with E-state index in [-0.39, 0.29) is 28.7 Å². The molecule has 184 valence electrons. The third-order valence-electron chi connectivity index (χ3n) is 7.24. The smallest absolute Gasteiger partial charge is 0.261 e. The standard InChI is InChI=1S/C30H36O3SSi/c1-5-28-24(23-34(31,32)25-15-9-6-10-16-25)21-22-29(28)33-35(30(2,3)4,26-17-11-7-12-18-26)27-19-13-8-14-20-27/h6-22,24,28-29H,5,23H2,1-4H3/t24-,28+,29-/m0/s1. The second-order valence-electron chi connectivity index (χ2n) is 10.5. The zero-order valence-electron chi connectivity index (χ0n) is 21.1. The Hall–Kier alpha value is -2.47. The molecule has 0 radical (unpaired) electrons. The van der Waals surface area contributed by atoms with E-state index in [0.29, 0.717) is 4.90 Å². The second-order valence-corrected chi connectivity index (χ2v) is 16.7. The lowest BCUT2D eigenvalue weighted by molar-refractivity contribution is 0.155. The molecule has 1 aliphatic rings. The van der Waals surface area contributed by atoms with Gasteiger partial charge in [0.05, 0.1) is 16.8 Å². The molecule has 0 heterocycles. The lowest BCUT2D eigenvalue weighted by Gasteiger charge is -2.45. The Bertz CT molecular complexity index is 1190. The number of sulfone groups is 1. The number of hydrogen-bond acceptors (Lipinski definition) is 3. The minimum atomic E-state index is -3.38. The molecule has 0 saturated carbocycles. The van der Waals surface area contributed by atoms with Gasteiger partial charge in [-0.2, -0.15) is 0 Å². The summed E-state index contributed by atoms with van der Waals surface area (Å²) in [6.45, 7) is 8.96. The molecule has 0 fully saturated rings. The SMILES string of the molecule is CC[C@H]1[C@@H](O[Si](c2ccccc2)(c2ccccc2)C(C)(C)C)C=C[C@H]1CS(=O)(=O)c1ccccc1. The first-order valence-electron chi connectivity index (χ1n) is 12.4. The molecular weight excluding hydrogens is 468 g/mol. The molecule has 35 heavy (non-hydrogen) atoms. The van der Waals surface area contributed by atoms with Crippen LogP contribution in [0.2, 0.25) is 5.04 Å². The van der Waals surface area contributed by atoms with Crippen molar-refractivity contribution in [3.63, 3.8) is 0 Å². The highest BCUT2D eigenvalue weighted by atomic mass is 32.2. The summed E-state index contributed by atoms with van der Waals surface area (Å²) in [4.78, 5) is 0.389. The van der Waals surface area contributed by atoms with Crippen LogP contribution in [0.4, 0.5) is 0 Å². The van der Waals surface area contributed by atoms with Crippen LogP contribution in [-0.4, -0.2) is 28.6 Å². The van der Waals surface area contributed by atoms with E-state index in [4.69, 9.17) is 4.43 Å². The fraction of sp³-hybridized carbons (Fsp3) is 0.333. The monoisotopic (exact) mass is 504 g/mol. The predicted molar refractivity (Wildman–Crippen MR) is 147 cm³/mol. The van der Waals surface area contributed by atoms with E-state index in [1.807, 2.05) is 18.2 Å². The van der Waals surface area contributed by atoms with Gasteiger partial charge in [0.1, 0.15) is 0 Å². The number of hydrogen-bond donors (Lipinski definition) is 0. The van der Waals surface area contributed by atoms with Gasteiger partial charge >= 0.3 is 0 Å². The minimum absolute atomic E-state index is 0.0755. The average molecular weight is 505 g/mol. The largest absolute Gasteiger partial charge is 0.401 e. The van der Waals surface area contributed by atoms with Crippen LogP contribution in [0.3, 0.4) is 0 Å². The molecule has 4 rings (SSSR count). The van der Waals surface area contributed by atoms with E-state index in [1.54, 1.807) is 24.3 Å².